The molecule has 6 nitrogen and oxygen atoms in total. The van der Waals surface area contributed by atoms with Crippen LogP contribution >= 0.6 is 0 Å². The van der Waals surface area contributed by atoms with Gasteiger partial charge in [-0.3, -0.25) is 9.52 Å². The van der Waals surface area contributed by atoms with Crippen molar-refractivity contribution in [3.8, 4) is 0 Å². The molecule has 25 heavy (non-hydrogen) atoms. The molecule has 10 heteroatoms. The normalized spacial score (nSPS) is 11.8. The Kier molecular flexibility index (Phi) is 4.84. The van der Waals surface area contributed by atoms with Crippen LogP contribution in [0.2, 0.25) is 0 Å². The van der Waals surface area contributed by atoms with E-state index in [4.69, 9.17) is 5.11 Å². The Morgan fingerprint density at radius 2 is 1.48 bits per heavy atom. The number of ketones is 1. The smallest absolute Gasteiger partial charge is 0.478 e. The van der Waals surface area contributed by atoms with Gasteiger partial charge in [-0.25, -0.2) is 4.79 Å². The van der Waals surface area contributed by atoms with E-state index in [2.05, 4.69) is 0 Å². The van der Waals surface area contributed by atoms with Crippen LogP contribution in [0.5, 0.6) is 0 Å². The summed E-state index contributed by atoms with van der Waals surface area (Å²) >= 11 is 0. The molecular weight excluding hydrogens is 363 g/mol. The number of aromatic carboxylic acids is 1. The molecule has 0 fully saturated rings. The molecule has 0 saturated heterocycles. The summed E-state index contributed by atoms with van der Waals surface area (Å²) in [5, 5.41) is 8.80. The molecule has 0 atom stereocenters. The lowest BCUT2D eigenvalue weighted by molar-refractivity contribution is -0.0429. The first-order valence-corrected chi connectivity index (χ1v) is 8.07. The average Bonchev–Trinajstić information content (AvgIpc) is 2.53. The van der Waals surface area contributed by atoms with Crippen molar-refractivity contribution < 1.29 is 36.3 Å². The highest BCUT2D eigenvalue weighted by Crippen LogP contribution is 2.26. The van der Waals surface area contributed by atoms with Gasteiger partial charge in [0, 0.05) is 16.8 Å². The number of nitrogens with one attached hydrogen (secondary N) is 1. The van der Waals surface area contributed by atoms with Crippen LogP contribution in [0.4, 0.5) is 18.9 Å². The number of anilines is 1. The van der Waals surface area contributed by atoms with Gasteiger partial charge in [-0.2, -0.15) is 21.6 Å². The van der Waals surface area contributed by atoms with Crippen molar-refractivity contribution in [1.29, 1.82) is 0 Å². The van der Waals surface area contributed by atoms with E-state index in [0.29, 0.717) is 0 Å². The van der Waals surface area contributed by atoms with Crippen molar-refractivity contribution in [1.82, 2.24) is 0 Å². The Morgan fingerprint density at radius 3 is 2.00 bits per heavy atom. The number of hydrogen-bond donors (Lipinski definition) is 2. The summed E-state index contributed by atoms with van der Waals surface area (Å²) in [7, 11) is -5.60. The van der Waals surface area contributed by atoms with E-state index in [1.165, 1.54) is 41.1 Å². The van der Waals surface area contributed by atoms with Crippen LogP contribution in [0.1, 0.15) is 26.3 Å². The zero-order valence-electron chi connectivity index (χ0n) is 12.2. The Hall–Kier alpha value is -2.88. The second kappa shape index (κ2) is 6.55. The summed E-state index contributed by atoms with van der Waals surface area (Å²) in [6, 6.07) is 9.42. The topological polar surface area (TPSA) is 101 Å². The molecular formula is C15H10F3NO5S. The number of benzene rings is 2. The molecule has 132 valence electrons. The fourth-order valence-corrected chi connectivity index (χ4v) is 2.42. The van der Waals surface area contributed by atoms with E-state index in [1.54, 1.807) is 0 Å². The molecule has 2 aromatic carbocycles. The van der Waals surface area contributed by atoms with Crippen molar-refractivity contribution in [3.05, 3.63) is 65.2 Å². The highest BCUT2D eigenvalue weighted by Gasteiger charge is 2.46. The Morgan fingerprint density at radius 1 is 0.920 bits per heavy atom. The molecule has 0 aliphatic carbocycles. The van der Waals surface area contributed by atoms with Crippen LogP contribution in [-0.4, -0.2) is 30.8 Å². The number of rotatable bonds is 5. The highest BCUT2D eigenvalue weighted by molar-refractivity contribution is 7.93. The molecule has 0 spiro atoms. The van der Waals surface area contributed by atoms with Gasteiger partial charge in [0.2, 0.25) is 0 Å². The molecule has 0 aliphatic rings. The molecule has 0 heterocycles. The van der Waals surface area contributed by atoms with E-state index in [9.17, 15) is 31.2 Å². The number of alkyl halides is 3. The lowest BCUT2D eigenvalue weighted by Crippen LogP contribution is -2.29. The second-order valence-electron chi connectivity index (χ2n) is 4.84. The van der Waals surface area contributed by atoms with Gasteiger partial charge in [0.25, 0.3) is 0 Å². The number of carbonyl (C=O) groups is 2. The first-order valence-electron chi connectivity index (χ1n) is 6.58. The number of carboxylic acids is 1. The summed E-state index contributed by atoms with van der Waals surface area (Å²) < 4.78 is 60.7. The fourth-order valence-electron chi connectivity index (χ4n) is 1.87. The molecule has 0 bridgehead atoms. The van der Waals surface area contributed by atoms with Crippen molar-refractivity contribution >= 4 is 27.5 Å². The third-order valence-electron chi connectivity index (χ3n) is 3.08. The summed E-state index contributed by atoms with van der Waals surface area (Å²) in [5.74, 6) is -1.78. The average molecular weight is 373 g/mol. The van der Waals surface area contributed by atoms with Crippen molar-refractivity contribution in [3.63, 3.8) is 0 Å². The standard InChI is InChI=1S/C15H10F3NO5S/c16-15(17,18)25(23,24)19-12-3-1-2-11(8-12)13(20)9-4-6-10(7-5-9)14(21)22/h1-8,19H,(H,21,22). The van der Waals surface area contributed by atoms with Gasteiger partial charge in [-0.1, -0.05) is 24.3 Å². The highest BCUT2D eigenvalue weighted by atomic mass is 32.2. The number of carbonyl (C=O) groups excluding carboxylic acids is 1. The Bertz CT molecular complexity index is 921. The minimum absolute atomic E-state index is 0.0387. The van der Waals surface area contributed by atoms with E-state index < -0.39 is 33.0 Å². The summed E-state index contributed by atoms with van der Waals surface area (Å²) in [5.41, 5.74) is -5.92. The maximum absolute atomic E-state index is 12.4. The van der Waals surface area contributed by atoms with Crippen molar-refractivity contribution in [2.45, 2.75) is 5.51 Å². The van der Waals surface area contributed by atoms with Gasteiger partial charge in [-0.15, -0.1) is 0 Å². The maximum Gasteiger partial charge on any atom is 0.516 e. The SMILES string of the molecule is O=C(O)c1ccc(C(=O)c2cccc(NS(=O)(=O)C(F)(F)F)c2)cc1. The summed E-state index contributed by atoms with van der Waals surface area (Å²) in [4.78, 5) is 23.1. The molecule has 0 saturated carbocycles. The van der Waals surface area contributed by atoms with Gasteiger partial charge in [0.15, 0.2) is 5.78 Å². The van der Waals surface area contributed by atoms with Crippen LogP contribution in [0.25, 0.3) is 0 Å². The lowest BCUT2D eigenvalue weighted by atomic mass is 10.0. The van der Waals surface area contributed by atoms with Crippen molar-refractivity contribution in [2.24, 2.45) is 0 Å². The largest absolute Gasteiger partial charge is 0.516 e. The molecule has 2 aromatic rings. The number of carboxylic acid groups (broad SMARTS) is 1. The third-order valence-corrected chi connectivity index (χ3v) is 4.19. The molecule has 0 aromatic heterocycles. The van der Waals surface area contributed by atoms with Gasteiger partial charge in [-0.05, 0) is 24.3 Å². The molecule has 2 rings (SSSR count). The van der Waals surface area contributed by atoms with Crippen LogP contribution in [0.15, 0.2) is 48.5 Å². The molecule has 0 aliphatic heterocycles. The van der Waals surface area contributed by atoms with Crippen LogP contribution in [-0.2, 0) is 10.0 Å². The predicted molar refractivity (Wildman–Crippen MR) is 81.9 cm³/mol. The quantitative estimate of drug-likeness (QED) is 0.785. The van der Waals surface area contributed by atoms with Crippen LogP contribution in [0.3, 0.4) is 0 Å². The van der Waals surface area contributed by atoms with E-state index in [0.717, 1.165) is 12.1 Å². The van der Waals surface area contributed by atoms with Crippen molar-refractivity contribution in [2.75, 3.05) is 4.72 Å². The van der Waals surface area contributed by atoms with Gasteiger partial charge in [0.05, 0.1) is 5.56 Å². The zero-order chi connectivity index (χ0) is 18.8. The zero-order valence-corrected chi connectivity index (χ0v) is 13.1. The minimum Gasteiger partial charge on any atom is -0.478 e. The Labute approximate surface area is 140 Å². The van der Waals surface area contributed by atoms with Gasteiger partial charge < -0.3 is 5.11 Å². The first kappa shape index (κ1) is 18.5. The first-order chi connectivity index (χ1) is 11.5. The fraction of sp³-hybridized carbons (Fsp3) is 0.0667. The third kappa shape index (κ3) is 4.15. The molecule has 0 amide bonds. The lowest BCUT2D eigenvalue weighted by Gasteiger charge is -2.11. The molecule has 2 N–H and O–H groups in total. The predicted octanol–water partition coefficient (Wildman–Crippen LogP) is 2.88. The second-order valence-corrected chi connectivity index (χ2v) is 6.52. The monoisotopic (exact) mass is 373 g/mol. The maximum atomic E-state index is 12.4. The molecule has 0 unspecified atom stereocenters. The number of halogens is 3. The summed E-state index contributed by atoms with van der Waals surface area (Å²) in [6.07, 6.45) is 0. The number of sulfonamides is 1. The molecule has 0 radical (unpaired) electrons. The van der Waals surface area contributed by atoms with E-state index in [1.807, 2.05) is 0 Å². The van der Waals surface area contributed by atoms with E-state index >= 15 is 0 Å². The Balaban J connectivity index is 2.29. The van der Waals surface area contributed by atoms with Crippen LogP contribution in [0, 0.1) is 0 Å². The minimum atomic E-state index is -5.60. The summed E-state index contributed by atoms with van der Waals surface area (Å²) in [6.45, 7) is 0. The van der Waals surface area contributed by atoms with Gasteiger partial charge >= 0.3 is 21.5 Å². The number of hydrogen-bond acceptors (Lipinski definition) is 4. The van der Waals surface area contributed by atoms with E-state index in [-0.39, 0.29) is 16.7 Å². The van der Waals surface area contributed by atoms with Crippen LogP contribution < -0.4 is 4.72 Å². The van der Waals surface area contributed by atoms with Gasteiger partial charge in [0.1, 0.15) is 0 Å².